The first-order valence-corrected chi connectivity index (χ1v) is 11.2. The summed E-state index contributed by atoms with van der Waals surface area (Å²) in [6.07, 6.45) is 2.20. The summed E-state index contributed by atoms with van der Waals surface area (Å²) in [4.78, 5) is 21.5. The molecule has 2 heterocycles. The Kier molecular flexibility index (Phi) is 5.04. The van der Waals surface area contributed by atoms with E-state index in [2.05, 4.69) is 28.5 Å². The molecule has 3 aromatic rings. The molecule has 1 fully saturated rings. The fourth-order valence-corrected chi connectivity index (χ4v) is 4.60. The highest BCUT2D eigenvalue weighted by atomic mass is 32.2. The largest absolute Gasteiger partial charge is 0.342 e. The van der Waals surface area contributed by atoms with Gasteiger partial charge in [0.25, 0.3) is 10.0 Å². The average molecular weight is 413 g/mol. The van der Waals surface area contributed by atoms with E-state index in [1.165, 1.54) is 12.1 Å². The van der Waals surface area contributed by atoms with Crippen molar-refractivity contribution in [2.75, 3.05) is 16.2 Å². The summed E-state index contributed by atoms with van der Waals surface area (Å²) in [5.74, 6) is 1.44. The molecule has 1 aliphatic rings. The Morgan fingerprint density at radius 2 is 1.93 bits per heavy atom. The average Bonchev–Trinajstić information content (AvgIpc) is 3.26. The Hall–Kier alpha value is -2.87. The topological polar surface area (TPSA) is 95.2 Å². The zero-order chi connectivity index (χ0) is 20.6. The number of H-pyrrole nitrogens is 1. The van der Waals surface area contributed by atoms with E-state index in [1.807, 2.05) is 0 Å². The van der Waals surface area contributed by atoms with Crippen molar-refractivity contribution in [2.24, 2.45) is 5.92 Å². The van der Waals surface area contributed by atoms with Gasteiger partial charge >= 0.3 is 0 Å². The van der Waals surface area contributed by atoms with Crippen molar-refractivity contribution in [1.82, 2.24) is 9.97 Å². The number of fused-ring (bicyclic) bond motifs is 1. The number of nitrogens with one attached hydrogen (secondary N) is 2. The van der Waals surface area contributed by atoms with Crippen LogP contribution in [0, 0.1) is 5.92 Å². The number of sulfonamides is 1. The molecule has 2 N–H and O–H groups in total. The van der Waals surface area contributed by atoms with Gasteiger partial charge in [0.2, 0.25) is 5.91 Å². The first-order valence-electron chi connectivity index (χ1n) is 9.74. The zero-order valence-corrected chi connectivity index (χ0v) is 17.3. The Balaban J connectivity index is 1.54. The van der Waals surface area contributed by atoms with E-state index in [4.69, 9.17) is 0 Å². The molecule has 152 valence electrons. The predicted molar refractivity (Wildman–Crippen MR) is 113 cm³/mol. The maximum absolute atomic E-state index is 12.8. The highest BCUT2D eigenvalue weighted by molar-refractivity contribution is 7.92. The number of imidazole rings is 1. The molecule has 29 heavy (non-hydrogen) atoms. The predicted octanol–water partition coefficient (Wildman–Crippen LogP) is 3.69. The van der Waals surface area contributed by atoms with Crippen LogP contribution in [0.15, 0.2) is 47.4 Å². The Bertz CT molecular complexity index is 1150. The lowest BCUT2D eigenvalue weighted by Crippen LogP contribution is -2.23. The summed E-state index contributed by atoms with van der Waals surface area (Å²) in [6.45, 7) is 4.92. The molecule has 0 aliphatic carbocycles. The third-order valence-electron chi connectivity index (χ3n) is 4.92. The van der Waals surface area contributed by atoms with Gasteiger partial charge in [0.05, 0.1) is 21.6 Å². The minimum atomic E-state index is -3.74. The monoisotopic (exact) mass is 412 g/mol. The maximum atomic E-state index is 12.8. The van der Waals surface area contributed by atoms with Gasteiger partial charge in [0, 0.05) is 25.1 Å². The van der Waals surface area contributed by atoms with Gasteiger partial charge in [0.1, 0.15) is 5.82 Å². The van der Waals surface area contributed by atoms with Gasteiger partial charge in [-0.05, 0) is 54.8 Å². The van der Waals surface area contributed by atoms with Gasteiger partial charge in [-0.2, -0.15) is 0 Å². The highest BCUT2D eigenvalue weighted by Gasteiger charge is 2.22. The summed E-state index contributed by atoms with van der Waals surface area (Å²) in [7, 11) is -3.74. The number of aromatic amines is 1. The SMILES string of the molecule is CC(C)Cc1nc2ccc(NS(=O)(=O)c3ccc(N4CCCC4=O)cc3)cc2[nH]1. The van der Waals surface area contributed by atoms with Crippen molar-refractivity contribution >= 4 is 38.3 Å². The number of carbonyl (C=O) groups excluding carboxylic acids is 1. The molecule has 0 radical (unpaired) electrons. The van der Waals surface area contributed by atoms with Crippen molar-refractivity contribution in [3.63, 3.8) is 0 Å². The van der Waals surface area contributed by atoms with Gasteiger partial charge in [-0.25, -0.2) is 13.4 Å². The molecule has 1 amide bonds. The van der Waals surface area contributed by atoms with Gasteiger partial charge in [-0.1, -0.05) is 13.8 Å². The Morgan fingerprint density at radius 3 is 2.59 bits per heavy atom. The molecule has 7 nitrogen and oxygen atoms in total. The van der Waals surface area contributed by atoms with E-state index in [0.29, 0.717) is 24.6 Å². The minimum absolute atomic E-state index is 0.0726. The van der Waals surface area contributed by atoms with E-state index in [1.54, 1.807) is 35.2 Å². The molecular formula is C21H24N4O3S. The number of amides is 1. The second kappa shape index (κ2) is 7.51. The van der Waals surface area contributed by atoms with E-state index in [-0.39, 0.29) is 10.8 Å². The maximum Gasteiger partial charge on any atom is 0.261 e. The zero-order valence-electron chi connectivity index (χ0n) is 16.5. The number of nitrogens with zero attached hydrogens (tertiary/aromatic N) is 2. The molecule has 0 atom stereocenters. The van der Waals surface area contributed by atoms with Gasteiger partial charge in [-0.3, -0.25) is 9.52 Å². The van der Waals surface area contributed by atoms with Crippen LogP contribution in [0.1, 0.15) is 32.5 Å². The number of hydrogen-bond donors (Lipinski definition) is 2. The van der Waals surface area contributed by atoms with Crippen molar-refractivity contribution in [1.29, 1.82) is 0 Å². The van der Waals surface area contributed by atoms with E-state index in [9.17, 15) is 13.2 Å². The van der Waals surface area contributed by atoms with Crippen LogP contribution in [0.3, 0.4) is 0 Å². The summed E-state index contributed by atoms with van der Waals surface area (Å²) >= 11 is 0. The molecule has 1 aliphatic heterocycles. The summed E-state index contributed by atoms with van der Waals surface area (Å²) < 4.78 is 28.2. The van der Waals surface area contributed by atoms with E-state index < -0.39 is 10.0 Å². The van der Waals surface area contributed by atoms with Crippen LogP contribution in [0.2, 0.25) is 0 Å². The number of aromatic nitrogens is 2. The fourth-order valence-electron chi connectivity index (χ4n) is 3.55. The number of rotatable bonds is 6. The second-order valence-corrected chi connectivity index (χ2v) is 9.44. The van der Waals surface area contributed by atoms with E-state index >= 15 is 0 Å². The minimum Gasteiger partial charge on any atom is -0.342 e. The molecule has 2 aromatic carbocycles. The third kappa shape index (κ3) is 4.12. The van der Waals surface area contributed by atoms with Crippen LogP contribution in [0.5, 0.6) is 0 Å². The van der Waals surface area contributed by atoms with Crippen LogP contribution >= 0.6 is 0 Å². The quantitative estimate of drug-likeness (QED) is 0.645. The number of benzene rings is 2. The van der Waals surface area contributed by atoms with Crippen molar-refractivity contribution in [3.05, 3.63) is 48.3 Å². The van der Waals surface area contributed by atoms with Crippen LogP contribution in [0.4, 0.5) is 11.4 Å². The summed E-state index contributed by atoms with van der Waals surface area (Å²) in [5.41, 5.74) is 2.80. The van der Waals surface area contributed by atoms with Crippen LogP contribution in [-0.2, 0) is 21.2 Å². The molecule has 1 saturated heterocycles. The molecule has 0 unspecified atom stereocenters. The number of anilines is 2. The summed E-state index contributed by atoms with van der Waals surface area (Å²) in [6, 6.07) is 11.7. The van der Waals surface area contributed by atoms with Crippen LogP contribution in [0.25, 0.3) is 11.0 Å². The first-order chi connectivity index (χ1) is 13.8. The fraction of sp³-hybridized carbons (Fsp3) is 0.333. The molecule has 0 saturated carbocycles. The van der Waals surface area contributed by atoms with Gasteiger partial charge < -0.3 is 9.88 Å². The van der Waals surface area contributed by atoms with Crippen molar-refractivity contribution in [3.8, 4) is 0 Å². The standard InChI is InChI=1S/C21H24N4O3S/c1-14(2)12-20-22-18-10-5-15(13-19(18)23-20)24-29(27,28)17-8-6-16(7-9-17)25-11-3-4-21(25)26/h5-10,13-14,24H,3-4,11-12H2,1-2H3,(H,22,23). The lowest BCUT2D eigenvalue weighted by molar-refractivity contribution is -0.117. The molecule has 1 aromatic heterocycles. The summed E-state index contributed by atoms with van der Waals surface area (Å²) in [5, 5.41) is 0. The lowest BCUT2D eigenvalue weighted by atomic mass is 10.1. The molecule has 4 rings (SSSR count). The number of hydrogen-bond acceptors (Lipinski definition) is 4. The van der Waals surface area contributed by atoms with Crippen molar-refractivity contribution in [2.45, 2.75) is 38.0 Å². The van der Waals surface area contributed by atoms with Gasteiger partial charge in [0.15, 0.2) is 0 Å². The highest BCUT2D eigenvalue weighted by Crippen LogP contribution is 2.25. The molecule has 8 heteroatoms. The van der Waals surface area contributed by atoms with Crippen molar-refractivity contribution < 1.29 is 13.2 Å². The lowest BCUT2D eigenvalue weighted by Gasteiger charge is -2.16. The molecule has 0 spiro atoms. The van der Waals surface area contributed by atoms with E-state index in [0.717, 1.165) is 35.4 Å². The third-order valence-corrected chi connectivity index (χ3v) is 6.31. The Morgan fingerprint density at radius 1 is 1.17 bits per heavy atom. The van der Waals surface area contributed by atoms with Crippen LogP contribution < -0.4 is 9.62 Å². The smallest absolute Gasteiger partial charge is 0.261 e. The van der Waals surface area contributed by atoms with Gasteiger partial charge in [-0.15, -0.1) is 0 Å². The molecule has 0 bridgehead atoms. The Labute approximate surface area is 170 Å². The first kappa shape index (κ1) is 19.4. The van der Waals surface area contributed by atoms with Crippen LogP contribution in [-0.4, -0.2) is 30.8 Å². The number of carbonyl (C=O) groups is 1. The molecular weight excluding hydrogens is 388 g/mol. The normalized spacial score (nSPS) is 14.9. The second-order valence-electron chi connectivity index (χ2n) is 7.76.